The van der Waals surface area contributed by atoms with Gasteiger partial charge in [-0.25, -0.2) is 4.39 Å². The van der Waals surface area contributed by atoms with Crippen LogP contribution in [0.2, 0.25) is 0 Å². The van der Waals surface area contributed by atoms with Crippen LogP contribution in [0, 0.1) is 9.39 Å². The van der Waals surface area contributed by atoms with Crippen molar-refractivity contribution in [3.05, 3.63) is 61.4 Å². The van der Waals surface area contributed by atoms with Crippen LogP contribution in [-0.2, 0) is 0 Å². The zero-order valence-corrected chi connectivity index (χ0v) is 15.5. The van der Waals surface area contributed by atoms with Gasteiger partial charge in [-0.3, -0.25) is 0 Å². The van der Waals surface area contributed by atoms with E-state index in [1.165, 1.54) is 13.2 Å². The van der Waals surface area contributed by atoms with E-state index in [9.17, 15) is 4.39 Å². The van der Waals surface area contributed by atoms with Crippen LogP contribution in [0.15, 0.2) is 40.9 Å². The summed E-state index contributed by atoms with van der Waals surface area (Å²) >= 11 is 5.86. The fourth-order valence-electron chi connectivity index (χ4n) is 2.21. The Bertz CT molecular complexity index is 636. The van der Waals surface area contributed by atoms with E-state index >= 15 is 0 Å². The van der Waals surface area contributed by atoms with Crippen LogP contribution in [0.5, 0.6) is 5.75 Å². The Morgan fingerprint density at radius 3 is 2.67 bits per heavy atom. The molecule has 2 aromatic carbocycles. The van der Waals surface area contributed by atoms with Gasteiger partial charge < -0.3 is 10.1 Å². The minimum atomic E-state index is -0.348. The van der Waals surface area contributed by atoms with Crippen LogP contribution in [0.3, 0.4) is 0 Å². The SMILES string of the molecule is CCNC(c1ccc(OC)c(F)c1)c1cc(I)ccc1Br. The van der Waals surface area contributed by atoms with Crippen LogP contribution >= 0.6 is 38.5 Å². The number of rotatable bonds is 5. The van der Waals surface area contributed by atoms with Gasteiger partial charge >= 0.3 is 0 Å². The Morgan fingerprint density at radius 1 is 1.29 bits per heavy atom. The van der Waals surface area contributed by atoms with E-state index in [1.807, 2.05) is 25.1 Å². The van der Waals surface area contributed by atoms with Crippen molar-refractivity contribution in [3.63, 3.8) is 0 Å². The molecule has 0 aliphatic carbocycles. The monoisotopic (exact) mass is 463 g/mol. The molecular weight excluding hydrogens is 448 g/mol. The molecule has 0 aliphatic heterocycles. The van der Waals surface area contributed by atoms with Crippen LogP contribution in [0.4, 0.5) is 4.39 Å². The van der Waals surface area contributed by atoms with Crippen LogP contribution in [-0.4, -0.2) is 13.7 Å². The van der Waals surface area contributed by atoms with E-state index in [-0.39, 0.29) is 17.6 Å². The summed E-state index contributed by atoms with van der Waals surface area (Å²) < 4.78 is 21.1. The van der Waals surface area contributed by atoms with E-state index in [4.69, 9.17) is 4.74 Å². The molecular formula is C16H16BrFINO. The molecule has 0 fully saturated rings. The lowest BCUT2D eigenvalue weighted by molar-refractivity contribution is 0.385. The van der Waals surface area contributed by atoms with Gasteiger partial charge in [0.2, 0.25) is 0 Å². The van der Waals surface area contributed by atoms with Gasteiger partial charge in [-0.2, -0.15) is 0 Å². The topological polar surface area (TPSA) is 21.3 Å². The third kappa shape index (κ3) is 3.96. The second kappa shape index (κ2) is 7.56. The standard InChI is InChI=1S/C16H16BrFINO/c1-3-20-16(12-9-11(19)5-6-13(12)17)10-4-7-15(21-2)14(18)8-10/h4-9,16,20H,3H2,1-2H3. The minimum absolute atomic E-state index is 0.0699. The number of hydrogen-bond acceptors (Lipinski definition) is 2. The Kier molecular flexibility index (Phi) is 6.01. The van der Waals surface area contributed by atoms with Crippen LogP contribution in [0.25, 0.3) is 0 Å². The van der Waals surface area contributed by atoms with Gasteiger partial charge in [-0.15, -0.1) is 0 Å². The highest BCUT2D eigenvalue weighted by Crippen LogP contribution is 2.31. The second-order valence-electron chi connectivity index (χ2n) is 4.55. The lowest BCUT2D eigenvalue weighted by Crippen LogP contribution is -2.22. The lowest BCUT2D eigenvalue weighted by atomic mass is 9.98. The molecule has 0 aromatic heterocycles. The van der Waals surface area contributed by atoms with Crippen molar-refractivity contribution in [1.82, 2.24) is 5.32 Å². The highest BCUT2D eigenvalue weighted by Gasteiger charge is 2.18. The summed E-state index contributed by atoms with van der Waals surface area (Å²) in [4.78, 5) is 0. The third-order valence-electron chi connectivity index (χ3n) is 3.19. The molecule has 0 bridgehead atoms. The molecule has 2 aromatic rings. The number of hydrogen-bond donors (Lipinski definition) is 1. The maximum absolute atomic E-state index is 14.0. The fourth-order valence-corrected chi connectivity index (χ4v) is 3.20. The first-order valence-corrected chi connectivity index (χ1v) is 8.45. The predicted molar refractivity (Wildman–Crippen MR) is 95.3 cm³/mol. The molecule has 0 aliphatic rings. The highest BCUT2D eigenvalue weighted by molar-refractivity contribution is 14.1. The summed E-state index contributed by atoms with van der Waals surface area (Å²) in [5, 5.41) is 3.41. The largest absolute Gasteiger partial charge is 0.494 e. The average molecular weight is 464 g/mol. The van der Waals surface area contributed by atoms with Crippen molar-refractivity contribution < 1.29 is 9.13 Å². The molecule has 0 heterocycles. The second-order valence-corrected chi connectivity index (χ2v) is 6.65. The Labute approximate surface area is 146 Å². The van der Waals surface area contributed by atoms with E-state index in [2.05, 4.69) is 49.9 Å². The third-order valence-corrected chi connectivity index (χ3v) is 4.58. The van der Waals surface area contributed by atoms with Gasteiger partial charge in [0.05, 0.1) is 13.2 Å². The number of benzene rings is 2. The quantitative estimate of drug-likeness (QED) is 0.636. The first kappa shape index (κ1) is 16.7. The molecule has 0 amide bonds. The zero-order chi connectivity index (χ0) is 15.4. The molecule has 1 atom stereocenters. The molecule has 5 heteroatoms. The number of ether oxygens (including phenoxy) is 1. The van der Waals surface area contributed by atoms with Crippen molar-refractivity contribution in [2.45, 2.75) is 13.0 Å². The molecule has 0 saturated carbocycles. The number of methoxy groups -OCH3 is 1. The van der Waals surface area contributed by atoms with Gasteiger partial charge in [0, 0.05) is 8.04 Å². The van der Waals surface area contributed by atoms with E-state index in [1.54, 1.807) is 6.07 Å². The number of halogens is 3. The molecule has 0 radical (unpaired) electrons. The molecule has 2 rings (SSSR count). The van der Waals surface area contributed by atoms with Crippen molar-refractivity contribution in [2.24, 2.45) is 0 Å². The van der Waals surface area contributed by atoms with Gasteiger partial charge in [-0.1, -0.05) is 28.9 Å². The Balaban J connectivity index is 2.48. The molecule has 0 spiro atoms. The maximum atomic E-state index is 14.0. The summed E-state index contributed by atoms with van der Waals surface area (Å²) in [5.74, 6) is -0.0876. The normalized spacial score (nSPS) is 12.2. The zero-order valence-electron chi connectivity index (χ0n) is 11.8. The summed E-state index contributed by atoms with van der Waals surface area (Å²) in [5.41, 5.74) is 1.96. The van der Waals surface area contributed by atoms with E-state index in [0.717, 1.165) is 25.7 Å². The van der Waals surface area contributed by atoms with E-state index in [0.29, 0.717) is 0 Å². The summed E-state index contributed by atoms with van der Waals surface area (Å²) in [7, 11) is 1.47. The highest BCUT2D eigenvalue weighted by atomic mass is 127. The molecule has 112 valence electrons. The molecule has 21 heavy (non-hydrogen) atoms. The van der Waals surface area contributed by atoms with Crippen molar-refractivity contribution in [1.29, 1.82) is 0 Å². The summed E-state index contributed by atoms with van der Waals surface area (Å²) in [6.45, 7) is 2.82. The molecule has 2 nitrogen and oxygen atoms in total. The van der Waals surface area contributed by atoms with Crippen molar-refractivity contribution in [3.8, 4) is 5.75 Å². The average Bonchev–Trinajstić information content (AvgIpc) is 2.47. The van der Waals surface area contributed by atoms with Gasteiger partial charge in [0.25, 0.3) is 0 Å². The number of nitrogens with one attached hydrogen (secondary N) is 1. The van der Waals surface area contributed by atoms with Crippen molar-refractivity contribution >= 4 is 38.5 Å². The fraction of sp³-hybridized carbons (Fsp3) is 0.250. The van der Waals surface area contributed by atoms with Crippen LogP contribution < -0.4 is 10.1 Å². The Hall–Kier alpha value is -0.660. The molecule has 1 unspecified atom stereocenters. The molecule has 0 saturated heterocycles. The first-order chi connectivity index (χ1) is 10.1. The van der Waals surface area contributed by atoms with Crippen molar-refractivity contribution in [2.75, 3.05) is 13.7 Å². The maximum Gasteiger partial charge on any atom is 0.165 e. The summed E-state index contributed by atoms with van der Waals surface area (Å²) in [6, 6.07) is 11.2. The Morgan fingerprint density at radius 2 is 2.05 bits per heavy atom. The smallest absolute Gasteiger partial charge is 0.165 e. The first-order valence-electron chi connectivity index (χ1n) is 6.58. The van der Waals surface area contributed by atoms with E-state index < -0.39 is 0 Å². The van der Waals surface area contributed by atoms with Gasteiger partial charge in [-0.05, 0) is 70.6 Å². The lowest BCUT2D eigenvalue weighted by Gasteiger charge is -2.21. The summed E-state index contributed by atoms with van der Waals surface area (Å²) in [6.07, 6.45) is 0. The van der Waals surface area contributed by atoms with Gasteiger partial charge in [0.1, 0.15) is 0 Å². The minimum Gasteiger partial charge on any atom is -0.494 e. The van der Waals surface area contributed by atoms with Gasteiger partial charge in [0.15, 0.2) is 11.6 Å². The molecule has 1 N–H and O–H groups in total. The predicted octanol–water partition coefficient (Wildman–Crippen LogP) is 4.90. The van der Waals surface area contributed by atoms with Crippen LogP contribution in [0.1, 0.15) is 24.1 Å².